The van der Waals surface area contributed by atoms with Crippen molar-refractivity contribution in [3.05, 3.63) is 54.1 Å². The van der Waals surface area contributed by atoms with Crippen molar-refractivity contribution in [3.63, 3.8) is 0 Å². The molecular formula is C20H24F5N5O2S. The molecule has 2 aromatic rings. The monoisotopic (exact) mass is 493 g/mol. The predicted octanol–water partition coefficient (Wildman–Crippen LogP) is 4.51. The van der Waals surface area contributed by atoms with E-state index in [1.165, 1.54) is 12.4 Å². The first-order chi connectivity index (χ1) is 14.9. The lowest BCUT2D eigenvalue weighted by Crippen LogP contribution is -2.57. The summed E-state index contributed by atoms with van der Waals surface area (Å²) in [6.07, 6.45) is 1.96. The van der Waals surface area contributed by atoms with Crippen molar-refractivity contribution in [2.45, 2.75) is 50.3 Å². The van der Waals surface area contributed by atoms with Crippen molar-refractivity contribution < 1.29 is 29.0 Å². The molecule has 0 saturated carbocycles. The topological polar surface area (TPSA) is 96.0 Å². The highest BCUT2D eigenvalue weighted by Crippen LogP contribution is 3.02. The lowest BCUT2D eigenvalue weighted by molar-refractivity contribution is -0.132. The molecule has 3 atom stereocenters. The van der Waals surface area contributed by atoms with Gasteiger partial charge in [-0.15, -0.1) is 0 Å². The van der Waals surface area contributed by atoms with Crippen molar-refractivity contribution in [2.75, 3.05) is 0 Å². The van der Waals surface area contributed by atoms with Gasteiger partial charge in [0.2, 0.25) is 11.8 Å². The molecule has 1 aromatic carbocycles. The second-order valence-corrected chi connectivity index (χ2v) is 11.3. The second-order valence-electron chi connectivity index (χ2n) is 8.88. The van der Waals surface area contributed by atoms with Crippen molar-refractivity contribution >= 4 is 22.0 Å². The van der Waals surface area contributed by atoms with E-state index in [9.17, 15) is 29.0 Å². The number of amides is 2. The van der Waals surface area contributed by atoms with E-state index in [-0.39, 0.29) is 17.8 Å². The van der Waals surface area contributed by atoms with Crippen LogP contribution in [0, 0.1) is 5.41 Å². The van der Waals surface area contributed by atoms with Gasteiger partial charge in [-0.3, -0.25) is 14.9 Å². The molecule has 182 valence electrons. The van der Waals surface area contributed by atoms with Crippen LogP contribution in [0.1, 0.15) is 50.8 Å². The van der Waals surface area contributed by atoms with Crippen molar-refractivity contribution in [3.8, 4) is 0 Å². The van der Waals surface area contributed by atoms with Gasteiger partial charge in [0.15, 0.2) is 5.82 Å². The molecule has 2 heterocycles. The summed E-state index contributed by atoms with van der Waals surface area (Å²) < 4.78 is 65.3. The Bertz CT molecular complexity index is 1040. The van der Waals surface area contributed by atoms with Crippen LogP contribution in [0.4, 0.5) is 19.4 Å². The van der Waals surface area contributed by atoms with Gasteiger partial charge in [0, 0.05) is 12.4 Å². The highest BCUT2D eigenvalue weighted by molar-refractivity contribution is 8.45. The molecule has 2 unspecified atom stereocenters. The summed E-state index contributed by atoms with van der Waals surface area (Å²) in [5.41, 5.74) is -0.477. The van der Waals surface area contributed by atoms with Crippen LogP contribution < -0.4 is 16.0 Å². The number of benzene rings is 1. The fourth-order valence-corrected chi connectivity index (χ4v) is 4.08. The number of halogens is 5. The van der Waals surface area contributed by atoms with E-state index < -0.39 is 50.6 Å². The van der Waals surface area contributed by atoms with Crippen molar-refractivity contribution in [1.82, 2.24) is 25.9 Å². The first-order valence-electron chi connectivity index (χ1n) is 9.91. The zero-order chi connectivity index (χ0) is 24.7. The summed E-state index contributed by atoms with van der Waals surface area (Å²) in [4.78, 5) is 31.2. The Morgan fingerprint density at radius 2 is 1.67 bits per heavy atom. The first kappa shape index (κ1) is 24.8. The lowest BCUT2D eigenvalue weighted by atomic mass is 9.82. The summed E-state index contributed by atoms with van der Waals surface area (Å²) in [6.45, 7) is 5.20. The van der Waals surface area contributed by atoms with Gasteiger partial charge in [-0.1, -0.05) is 52.3 Å². The zero-order valence-electron chi connectivity index (χ0n) is 18.0. The largest absolute Gasteiger partial charge is 0.347 e. The molecule has 1 aromatic heterocycles. The summed E-state index contributed by atoms with van der Waals surface area (Å²) in [5, 5.41) is 8.30. The van der Waals surface area contributed by atoms with Gasteiger partial charge in [-0.25, -0.2) is 9.97 Å². The van der Waals surface area contributed by atoms with E-state index >= 15 is 0 Å². The maximum absolute atomic E-state index is 13.1. The predicted molar refractivity (Wildman–Crippen MR) is 113 cm³/mol. The Balaban J connectivity index is 1.82. The Morgan fingerprint density at radius 3 is 2.18 bits per heavy atom. The molecule has 0 radical (unpaired) electrons. The Morgan fingerprint density at radius 1 is 1.09 bits per heavy atom. The summed E-state index contributed by atoms with van der Waals surface area (Å²) in [5.74, 6) is -0.747. The Hall–Kier alpha value is -2.80. The van der Waals surface area contributed by atoms with E-state index in [0.717, 1.165) is 12.1 Å². The van der Waals surface area contributed by atoms with Crippen LogP contribution >= 0.6 is 10.2 Å². The van der Waals surface area contributed by atoms with E-state index in [4.69, 9.17) is 0 Å². The smallest absolute Gasteiger partial charge is 0.310 e. The third-order valence-corrected chi connectivity index (χ3v) is 6.20. The number of hydrogen-bond donors (Lipinski definition) is 3. The van der Waals surface area contributed by atoms with Gasteiger partial charge in [0.05, 0.1) is 18.5 Å². The number of hydrogen-bond acceptors (Lipinski definition) is 5. The molecule has 1 fully saturated rings. The summed E-state index contributed by atoms with van der Waals surface area (Å²) in [7, 11) is -9.81. The minimum Gasteiger partial charge on any atom is -0.347 e. The van der Waals surface area contributed by atoms with E-state index in [1.807, 2.05) is 0 Å². The molecule has 0 spiro atoms. The van der Waals surface area contributed by atoms with Crippen LogP contribution in [0.15, 0.2) is 47.6 Å². The number of nitrogens with zero attached hydrogens (tertiary/aromatic N) is 2. The van der Waals surface area contributed by atoms with Crippen molar-refractivity contribution in [2.24, 2.45) is 5.41 Å². The molecule has 33 heavy (non-hydrogen) atoms. The number of carbonyl (C=O) groups excluding carboxylic acids is 2. The molecule has 0 aliphatic carbocycles. The van der Waals surface area contributed by atoms with Crippen LogP contribution in [-0.4, -0.2) is 27.8 Å². The molecule has 2 amide bonds. The quantitative estimate of drug-likeness (QED) is 0.533. The van der Waals surface area contributed by atoms with Gasteiger partial charge >= 0.3 is 10.2 Å². The second kappa shape index (κ2) is 7.62. The molecule has 13 heteroatoms. The van der Waals surface area contributed by atoms with Crippen LogP contribution in [-0.2, 0) is 9.59 Å². The third kappa shape index (κ3) is 6.16. The van der Waals surface area contributed by atoms with Crippen molar-refractivity contribution in [1.29, 1.82) is 0 Å². The summed E-state index contributed by atoms with van der Waals surface area (Å²) >= 11 is 0. The summed E-state index contributed by atoms with van der Waals surface area (Å²) in [6, 6.07) is 2.27. The minimum atomic E-state index is -9.81. The Labute approximate surface area is 187 Å². The van der Waals surface area contributed by atoms with E-state index in [1.54, 1.807) is 26.8 Å². The van der Waals surface area contributed by atoms with Crippen LogP contribution in [0.2, 0.25) is 0 Å². The van der Waals surface area contributed by atoms with Gasteiger partial charge in [-0.05, 0) is 29.2 Å². The zero-order valence-corrected chi connectivity index (χ0v) is 18.8. The average Bonchev–Trinajstić information content (AvgIpc) is 2.69. The van der Waals surface area contributed by atoms with Gasteiger partial charge in [0.1, 0.15) is 11.1 Å². The number of rotatable bonds is 5. The molecule has 3 rings (SSSR count). The van der Waals surface area contributed by atoms with Crippen LogP contribution in [0.5, 0.6) is 0 Å². The molecule has 1 aliphatic rings. The standard InChI is InChI=1S/C20H24F5N5O2S/c1-20(2,3)16(12-5-7-13(8-6-12)33(21,22,23,24)25)30-19(32)14-11-15(31)29-18(28-14)17-26-9-4-10-27-17/h4-10,14,16,18,28H,11H2,1-3H3,(H,29,31)(H,30,32)/t14?,16-,18?/m0/s1. The fraction of sp³-hybridized carbons (Fsp3) is 0.400. The van der Waals surface area contributed by atoms with E-state index in [0.29, 0.717) is 12.1 Å². The SMILES string of the molecule is CC(C)(C)[C@@H](NC(=O)C1CC(=O)NC(c2ncccn2)N1)c1ccc(S(F)(F)(F)(F)F)cc1. The molecular weight excluding hydrogens is 469 g/mol. The normalized spacial score (nSPS) is 22.5. The Kier molecular flexibility index (Phi) is 5.74. The number of aromatic nitrogens is 2. The van der Waals surface area contributed by atoms with E-state index in [2.05, 4.69) is 25.9 Å². The molecule has 0 bridgehead atoms. The van der Waals surface area contributed by atoms with Gasteiger partial charge in [0.25, 0.3) is 0 Å². The highest BCUT2D eigenvalue weighted by Gasteiger charge is 2.65. The van der Waals surface area contributed by atoms with Crippen LogP contribution in [0.3, 0.4) is 0 Å². The molecule has 1 aliphatic heterocycles. The fourth-order valence-electron chi connectivity index (χ4n) is 3.43. The maximum Gasteiger partial charge on any atom is 0.310 e. The van der Waals surface area contributed by atoms with Crippen LogP contribution in [0.25, 0.3) is 0 Å². The average molecular weight is 494 g/mol. The number of carbonyl (C=O) groups is 2. The third-order valence-electron chi connectivity index (χ3n) is 5.03. The minimum absolute atomic E-state index is 0.185. The number of nitrogens with one attached hydrogen (secondary N) is 3. The van der Waals surface area contributed by atoms with Gasteiger partial charge < -0.3 is 10.6 Å². The molecule has 1 saturated heterocycles. The lowest BCUT2D eigenvalue weighted by Gasteiger charge is -2.41. The highest BCUT2D eigenvalue weighted by atomic mass is 32.5. The molecule has 7 nitrogen and oxygen atoms in total. The molecule has 3 N–H and O–H groups in total. The maximum atomic E-state index is 13.1. The first-order valence-corrected chi connectivity index (χ1v) is 11.9. The van der Waals surface area contributed by atoms with Gasteiger partial charge in [-0.2, -0.15) is 0 Å².